The number of carbonyl (C=O) groups is 1. The van der Waals surface area contributed by atoms with Crippen molar-refractivity contribution in [3.8, 4) is 5.88 Å². The summed E-state index contributed by atoms with van der Waals surface area (Å²) in [7, 11) is 0. The molecule has 8 nitrogen and oxygen atoms in total. The lowest BCUT2D eigenvalue weighted by molar-refractivity contribution is 0.0921. The molecule has 1 aliphatic rings. The highest BCUT2D eigenvalue weighted by molar-refractivity contribution is 5.95. The molecule has 0 spiro atoms. The van der Waals surface area contributed by atoms with Gasteiger partial charge in [-0.2, -0.15) is 0 Å². The number of nitrogens with one attached hydrogen (secondary N) is 1. The van der Waals surface area contributed by atoms with Gasteiger partial charge in [-0.1, -0.05) is 13.8 Å². The molecule has 3 rings (SSSR count). The molecule has 0 aliphatic carbocycles. The molecule has 2 aromatic heterocycles. The lowest BCUT2D eigenvalue weighted by Crippen LogP contribution is -2.35. The van der Waals surface area contributed by atoms with Crippen molar-refractivity contribution in [1.29, 1.82) is 0 Å². The van der Waals surface area contributed by atoms with Crippen LogP contribution in [0.3, 0.4) is 0 Å². The first-order valence-corrected chi connectivity index (χ1v) is 12.0. The van der Waals surface area contributed by atoms with Gasteiger partial charge in [0.25, 0.3) is 5.91 Å². The van der Waals surface area contributed by atoms with E-state index in [1.807, 2.05) is 12.4 Å². The third kappa shape index (κ3) is 7.12. The molecule has 3 heterocycles. The largest absolute Gasteiger partial charge is 0.478 e. The Balaban J connectivity index is 1.37. The highest BCUT2D eigenvalue weighted by atomic mass is 16.5. The van der Waals surface area contributed by atoms with Crippen LogP contribution in [0.15, 0.2) is 24.5 Å². The number of aliphatic hydroxyl groups excluding tert-OH is 1. The predicted molar refractivity (Wildman–Crippen MR) is 129 cm³/mol. The van der Waals surface area contributed by atoms with Crippen LogP contribution in [0.5, 0.6) is 5.88 Å². The van der Waals surface area contributed by atoms with Crippen LogP contribution in [-0.4, -0.2) is 58.3 Å². The fraction of sp³-hybridized carbons (Fsp3) is 0.600. The molecule has 1 amide bonds. The first-order valence-electron chi connectivity index (χ1n) is 12.0. The first-order chi connectivity index (χ1) is 15.9. The molecule has 0 saturated carbocycles. The highest BCUT2D eigenvalue weighted by Gasteiger charge is 2.21. The summed E-state index contributed by atoms with van der Waals surface area (Å²) in [6, 6.07) is 3.16. The van der Waals surface area contributed by atoms with Crippen molar-refractivity contribution in [2.45, 2.75) is 65.3 Å². The Labute approximate surface area is 196 Å². The summed E-state index contributed by atoms with van der Waals surface area (Å²) in [5, 5.41) is 11.8. The zero-order valence-corrected chi connectivity index (χ0v) is 20.3. The standard InChI is InChI=1S/C25H37N5O3/c1-17(2)21-14-26-25(27-15-21)30-11-9-20(10-12-30)6-5-13-33-23-8-7-22(19(4)29-23)24(32)28-18(3)16-31/h7-8,14-15,17-18,20,31H,5-6,9-13,16H2,1-4H3,(H,28,32)/t18-/m1/s1. The van der Waals surface area contributed by atoms with E-state index in [9.17, 15) is 4.79 Å². The highest BCUT2D eigenvalue weighted by Crippen LogP contribution is 2.25. The molecule has 33 heavy (non-hydrogen) atoms. The minimum Gasteiger partial charge on any atom is -0.478 e. The van der Waals surface area contributed by atoms with Gasteiger partial charge < -0.3 is 20.1 Å². The lowest BCUT2D eigenvalue weighted by Gasteiger charge is -2.32. The second-order valence-electron chi connectivity index (χ2n) is 9.23. The maximum Gasteiger partial charge on any atom is 0.253 e. The molecule has 2 N–H and O–H groups in total. The van der Waals surface area contributed by atoms with Gasteiger partial charge in [0.1, 0.15) is 0 Å². The first kappa shape index (κ1) is 24.9. The van der Waals surface area contributed by atoms with E-state index < -0.39 is 0 Å². The molecule has 0 unspecified atom stereocenters. The number of carbonyl (C=O) groups excluding carboxylic acids is 1. The van der Waals surface area contributed by atoms with Gasteiger partial charge in [-0.15, -0.1) is 0 Å². The van der Waals surface area contributed by atoms with E-state index in [4.69, 9.17) is 9.84 Å². The van der Waals surface area contributed by atoms with Crippen molar-refractivity contribution in [3.05, 3.63) is 41.3 Å². The molecule has 1 saturated heterocycles. The number of nitrogens with zero attached hydrogens (tertiary/aromatic N) is 4. The van der Waals surface area contributed by atoms with Crippen molar-refractivity contribution in [3.63, 3.8) is 0 Å². The van der Waals surface area contributed by atoms with Gasteiger partial charge in [0.15, 0.2) is 0 Å². The maximum absolute atomic E-state index is 12.2. The monoisotopic (exact) mass is 455 g/mol. The van der Waals surface area contributed by atoms with E-state index in [0.29, 0.717) is 35.6 Å². The van der Waals surface area contributed by atoms with Crippen LogP contribution in [0.1, 0.15) is 74.0 Å². The van der Waals surface area contributed by atoms with Crippen LogP contribution >= 0.6 is 0 Å². The van der Waals surface area contributed by atoms with Crippen LogP contribution in [0.2, 0.25) is 0 Å². The molecule has 1 fully saturated rings. The topological polar surface area (TPSA) is 100 Å². The zero-order chi connectivity index (χ0) is 23.8. The van der Waals surface area contributed by atoms with Crippen LogP contribution in [0, 0.1) is 12.8 Å². The molecule has 0 aromatic carbocycles. The Hall–Kier alpha value is -2.74. The van der Waals surface area contributed by atoms with Crippen LogP contribution in [0.4, 0.5) is 5.95 Å². The molecule has 0 radical (unpaired) electrons. The van der Waals surface area contributed by atoms with E-state index in [1.165, 1.54) is 5.56 Å². The SMILES string of the molecule is Cc1nc(OCCCC2CCN(c3ncc(C(C)C)cn3)CC2)ccc1C(=O)N[C@H](C)CO. The number of ether oxygens (including phenoxy) is 1. The quantitative estimate of drug-likeness (QED) is 0.529. The normalized spacial score (nSPS) is 15.5. The number of aromatic nitrogens is 3. The van der Waals surface area contributed by atoms with E-state index in [1.54, 1.807) is 26.0 Å². The van der Waals surface area contributed by atoms with Gasteiger partial charge in [0.2, 0.25) is 11.8 Å². The minimum atomic E-state index is -0.294. The number of piperidine rings is 1. The Bertz CT molecular complexity index is 895. The van der Waals surface area contributed by atoms with Gasteiger partial charge in [-0.25, -0.2) is 15.0 Å². The summed E-state index contributed by atoms with van der Waals surface area (Å²) in [4.78, 5) is 28.0. The van der Waals surface area contributed by atoms with Crippen LogP contribution in [-0.2, 0) is 0 Å². The third-order valence-corrected chi connectivity index (χ3v) is 6.19. The lowest BCUT2D eigenvalue weighted by atomic mass is 9.92. The Morgan fingerprint density at radius 3 is 2.52 bits per heavy atom. The number of amides is 1. The zero-order valence-electron chi connectivity index (χ0n) is 20.3. The van der Waals surface area contributed by atoms with Crippen molar-refractivity contribution >= 4 is 11.9 Å². The molecule has 180 valence electrons. The minimum absolute atomic E-state index is 0.0996. The van der Waals surface area contributed by atoms with Crippen molar-refractivity contribution < 1.29 is 14.6 Å². The molecule has 2 aromatic rings. The molecule has 8 heteroatoms. The number of hydrogen-bond acceptors (Lipinski definition) is 7. The van der Waals surface area contributed by atoms with Crippen molar-refractivity contribution in [2.75, 3.05) is 31.2 Å². The Kier molecular flexibility index (Phi) is 9.00. The maximum atomic E-state index is 12.2. The van der Waals surface area contributed by atoms with Crippen molar-refractivity contribution in [1.82, 2.24) is 20.3 Å². The number of aryl methyl sites for hydroxylation is 1. The van der Waals surface area contributed by atoms with Crippen LogP contribution in [0.25, 0.3) is 0 Å². The third-order valence-electron chi connectivity index (χ3n) is 6.19. The average Bonchev–Trinajstić information content (AvgIpc) is 2.82. The second-order valence-corrected chi connectivity index (χ2v) is 9.23. The smallest absolute Gasteiger partial charge is 0.253 e. The van der Waals surface area contributed by atoms with Gasteiger partial charge in [-0.3, -0.25) is 4.79 Å². The molecule has 0 bridgehead atoms. The van der Waals surface area contributed by atoms with Crippen LogP contribution < -0.4 is 15.0 Å². The van der Waals surface area contributed by atoms with Gasteiger partial charge in [-0.05, 0) is 63.0 Å². The van der Waals surface area contributed by atoms with Crippen molar-refractivity contribution in [2.24, 2.45) is 5.92 Å². The predicted octanol–water partition coefficient (Wildman–Crippen LogP) is 3.49. The summed E-state index contributed by atoms with van der Waals surface area (Å²) in [6.45, 7) is 10.3. The number of aliphatic hydroxyl groups is 1. The number of hydrogen-bond donors (Lipinski definition) is 2. The summed E-state index contributed by atoms with van der Waals surface area (Å²) < 4.78 is 5.82. The molecular formula is C25H37N5O3. The van der Waals surface area contributed by atoms with Gasteiger partial charge >= 0.3 is 0 Å². The summed E-state index contributed by atoms with van der Waals surface area (Å²) >= 11 is 0. The Morgan fingerprint density at radius 1 is 1.21 bits per heavy atom. The van der Waals surface area contributed by atoms with Gasteiger partial charge in [0.05, 0.1) is 24.5 Å². The summed E-state index contributed by atoms with van der Waals surface area (Å²) in [5.74, 6) is 2.28. The number of rotatable bonds is 10. The Morgan fingerprint density at radius 2 is 1.91 bits per heavy atom. The molecule has 1 aliphatic heterocycles. The van der Waals surface area contributed by atoms with Gasteiger partial charge in [0, 0.05) is 37.6 Å². The second kappa shape index (κ2) is 11.9. The molecule has 1 atom stereocenters. The van der Waals surface area contributed by atoms with E-state index in [-0.39, 0.29) is 18.6 Å². The van der Waals surface area contributed by atoms with E-state index in [0.717, 1.165) is 44.7 Å². The van der Waals surface area contributed by atoms with E-state index in [2.05, 4.69) is 39.0 Å². The fourth-order valence-electron chi connectivity index (χ4n) is 3.97. The summed E-state index contributed by atoms with van der Waals surface area (Å²) in [5.41, 5.74) is 2.29. The molecular weight excluding hydrogens is 418 g/mol. The summed E-state index contributed by atoms with van der Waals surface area (Å²) in [6.07, 6.45) is 8.27. The van der Waals surface area contributed by atoms with E-state index >= 15 is 0 Å². The fourth-order valence-corrected chi connectivity index (χ4v) is 3.97. The number of pyridine rings is 1. The average molecular weight is 456 g/mol. The number of anilines is 1.